The zero-order valence-corrected chi connectivity index (χ0v) is 17.3. The van der Waals surface area contributed by atoms with Crippen molar-refractivity contribution in [2.75, 3.05) is 19.5 Å². The Hall–Kier alpha value is -3.19. The summed E-state index contributed by atoms with van der Waals surface area (Å²) >= 11 is 3.18. The number of alkyl halides is 1. The van der Waals surface area contributed by atoms with Crippen LogP contribution in [0.3, 0.4) is 0 Å². The molecular weight excluding hydrogens is 438 g/mol. The maximum absolute atomic E-state index is 12.9. The second-order valence-electron chi connectivity index (χ2n) is 6.41. The van der Waals surface area contributed by atoms with Crippen LogP contribution in [0.1, 0.15) is 31.2 Å². The zero-order valence-electron chi connectivity index (χ0n) is 15.7. The van der Waals surface area contributed by atoms with E-state index in [4.69, 9.17) is 9.47 Å². The molecule has 0 radical (unpaired) electrons. The number of Topliss-reactive ketones (excluding diaryl/α,β-unsaturated/α-hetero) is 1. The lowest BCUT2D eigenvalue weighted by Gasteiger charge is -2.09. The molecule has 2 heterocycles. The molecule has 0 aliphatic heterocycles. The van der Waals surface area contributed by atoms with Crippen molar-refractivity contribution in [2.24, 2.45) is 0 Å². The number of halogens is 1. The van der Waals surface area contributed by atoms with Crippen LogP contribution in [0.4, 0.5) is 0 Å². The number of aromatic nitrogens is 1. The Balaban J connectivity index is 2.28. The first kappa shape index (κ1) is 19.1. The first-order chi connectivity index (χ1) is 14.0. The number of hydrogen-bond donors (Lipinski definition) is 0. The molecule has 4 rings (SSSR count). The van der Waals surface area contributed by atoms with Gasteiger partial charge in [-0.1, -0.05) is 52.3 Å². The van der Waals surface area contributed by atoms with Gasteiger partial charge in [0, 0.05) is 5.39 Å². The summed E-state index contributed by atoms with van der Waals surface area (Å²) in [6.45, 7) is 0. The minimum absolute atomic E-state index is 0.0127. The molecule has 0 fully saturated rings. The highest BCUT2D eigenvalue weighted by Crippen LogP contribution is 2.33. The summed E-state index contributed by atoms with van der Waals surface area (Å²) < 4.78 is 11.4. The number of pyridine rings is 1. The quantitative estimate of drug-likeness (QED) is 0.198. The molecule has 0 aliphatic carbocycles. The Morgan fingerprint density at radius 2 is 1.48 bits per heavy atom. The van der Waals surface area contributed by atoms with Crippen LogP contribution in [0.25, 0.3) is 27.2 Å². The van der Waals surface area contributed by atoms with Crippen molar-refractivity contribution in [3.8, 4) is 0 Å². The monoisotopic (exact) mass is 453 g/mol. The van der Waals surface area contributed by atoms with Crippen LogP contribution in [-0.2, 0) is 9.47 Å². The molecule has 0 spiro atoms. The number of esters is 2. The number of carbonyl (C=O) groups is 3. The van der Waals surface area contributed by atoms with E-state index in [2.05, 4.69) is 15.9 Å². The number of benzene rings is 2. The third kappa shape index (κ3) is 2.81. The molecule has 6 nitrogen and oxygen atoms in total. The zero-order chi connectivity index (χ0) is 20.7. The predicted molar refractivity (Wildman–Crippen MR) is 113 cm³/mol. The lowest BCUT2D eigenvalue weighted by molar-refractivity contribution is 0.0556. The van der Waals surface area contributed by atoms with Gasteiger partial charge in [-0.05, 0) is 22.9 Å². The maximum Gasteiger partial charge on any atom is 0.341 e. The van der Waals surface area contributed by atoms with Gasteiger partial charge < -0.3 is 13.9 Å². The van der Waals surface area contributed by atoms with Crippen molar-refractivity contribution in [3.05, 3.63) is 65.4 Å². The molecule has 2 aromatic carbocycles. The van der Waals surface area contributed by atoms with Gasteiger partial charge in [-0.3, -0.25) is 4.79 Å². The van der Waals surface area contributed by atoms with Crippen LogP contribution < -0.4 is 0 Å². The van der Waals surface area contributed by atoms with E-state index in [1.807, 2.05) is 42.5 Å². The summed E-state index contributed by atoms with van der Waals surface area (Å²) in [6.07, 6.45) is 0. The van der Waals surface area contributed by atoms with E-state index < -0.39 is 11.9 Å². The molecule has 0 saturated heterocycles. The Labute approximate surface area is 174 Å². The fraction of sp³-hybridized carbons (Fsp3) is 0.136. The molecule has 0 bridgehead atoms. The van der Waals surface area contributed by atoms with E-state index in [-0.39, 0.29) is 27.9 Å². The van der Waals surface area contributed by atoms with Crippen molar-refractivity contribution in [1.82, 2.24) is 4.40 Å². The van der Waals surface area contributed by atoms with E-state index in [1.54, 1.807) is 10.5 Å². The highest BCUT2D eigenvalue weighted by atomic mass is 79.9. The standard InChI is InChI=1S/C22H16BrNO5/c1-28-21(26)18-16-10-8-14-13-6-4-3-5-12(13)7-9-15(14)24(16)20(17(25)11-23)19(18)22(27)29-2/h3-10H,11H2,1-2H3. The van der Waals surface area contributed by atoms with Crippen LogP contribution in [-0.4, -0.2) is 41.7 Å². The van der Waals surface area contributed by atoms with Crippen molar-refractivity contribution < 1.29 is 23.9 Å². The van der Waals surface area contributed by atoms with Crippen molar-refractivity contribution in [2.45, 2.75) is 0 Å². The van der Waals surface area contributed by atoms with Crippen LogP contribution >= 0.6 is 15.9 Å². The number of carbonyl (C=O) groups excluding carboxylic acids is 3. The summed E-state index contributed by atoms with van der Waals surface area (Å²) in [5, 5.41) is 2.91. The van der Waals surface area contributed by atoms with Crippen molar-refractivity contribution in [1.29, 1.82) is 0 Å². The highest BCUT2D eigenvalue weighted by Gasteiger charge is 2.32. The van der Waals surface area contributed by atoms with Gasteiger partial charge in [0.25, 0.3) is 0 Å². The largest absolute Gasteiger partial charge is 0.465 e. The van der Waals surface area contributed by atoms with E-state index in [9.17, 15) is 14.4 Å². The van der Waals surface area contributed by atoms with Gasteiger partial charge in [-0.2, -0.15) is 0 Å². The Kier molecular flexibility index (Phi) is 4.84. The number of methoxy groups -OCH3 is 2. The van der Waals surface area contributed by atoms with Crippen molar-refractivity contribution >= 4 is 60.8 Å². The molecule has 0 N–H and O–H groups in total. The predicted octanol–water partition coefficient (Wildman–Crippen LogP) is 4.40. The highest BCUT2D eigenvalue weighted by molar-refractivity contribution is 9.09. The van der Waals surface area contributed by atoms with Gasteiger partial charge in [0.05, 0.1) is 30.6 Å². The van der Waals surface area contributed by atoms with Crippen LogP contribution in [0.15, 0.2) is 48.5 Å². The van der Waals surface area contributed by atoms with E-state index >= 15 is 0 Å². The Morgan fingerprint density at radius 3 is 2.17 bits per heavy atom. The summed E-state index contributed by atoms with van der Waals surface area (Å²) in [7, 11) is 2.44. The topological polar surface area (TPSA) is 74.1 Å². The molecule has 0 unspecified atom stereocenters. The summed E-state index contributed by atoms with van der Waals surface area (Å²) in [5.41, 5.74) is 1.11. The van der Waals surface area contributed by atoms with E-state index in [0.29, 0.717) is 11.0 Å². The van der Waals surface area contributed by atoms with Gasteiger partial charge >= 0.3 is 11.9 Å². The first-order valence-electron chi connectivity index (χ1n) is 8.78. The average Bonchev–Trinajstić information content (AvgIpc) is 3.12. The van der Waals surface area contributed by atoms with Gasteiger partial charge in [-0.15, -0.1) is 0 Å². The number of nitrogens with zero attached hydrogens (tertiary/aromatic N) is 1. The molecule has 0 atom stereocenters. The average molecular weight is 454 g/mol. The normalized spacial score (nSPS) is 11.1. The van der Waals surface area contributed by atoms with Crippen LogP contribution in [0.5, 0.6) is 0 Å². The second-order valence-corrected chi connectivity index (χ2v) is 6.97. The van der Waals surface area contributed by atoms with Gasteiger partial charge in [0.2, 0.25) is 0 Å². The summed E-state index contributed by atoms with van der Waals surface area (Å²) in [6, 6.07) is 15.3. The van der Waals surface area contributed by atoms with Crippen molar-refractivity contribution in [3.63, 3.8) is 0 Å². The first-order valence-corrected chi connectivity index (χ1v) is 9.90. The molecule has 29 heavy (non-hydrogen) atoms. The van der Waals surface area contributed by atoms with E-state index in [1.165, 1.54) is 14.2 Å². The molecule has 2 aromatic heterocycles. The molecule has 0 aliphatic rings. The minimum Gasteiger partial charge on any atom is -0.465 e. The number of ketones is 1. The minimum atomic E-state index is -0.771. The molecule has 7 heteroatoms. The molecular formula is C22H16BrNO5. The van der Waals surface area contributed by atoms with E-state index in [0.717, 1.165) is 16.2 Å². The molecule has 0 saturated carbocycles. The van der Waals surface area contributed by atoms with Crippen LogP contribution in [0, 0.1) is 0 Å². The number of ether oxygens (including phenoxy) is 2. The lowest BCUT2D eigenvalue weighted by atomic mass is 10.0. The second kappa shape index (κ2) is 7.33. The smallest absolute Gasteiger partial charge is 0.341 e. The van der Waals surface area contributed by atoms with Crippen LogP contribution in [0.2, 0.25) is 0 Å². The van der Waals surface area contributed by atoms with Gasteiger partial charge in [0.15, 0.2) is 5.78 Å². The number of fused-ring (bicyclic) bond motifs is 5. The maximum atomic E-state index is 12.9. The fourth-order valence-electron chi connectivity index (χ4n) is 3.75. The number of rotatable bonds is 4. The molecule has 4 aromatic rings. The van der Waals surface area contributed by atoms with Gasteiger partial charge in [0.1, 0.15) is 16.8 Å². The van der Waals surface area contributed by atoms with Gasteiger partial charge in [-0.25, -0.2) is 9.59 Å². The SMILES string of the molecule is COC(=O)c1c(C(=O)OC)c2ccc3c4ccccc4ccc3n2c1C(=O)CBr. The third-order valence-corrected chi connectivity index (χ3v) is 5.48. The lowest BCUT2D eigenvalue weighted by Crippen LogP contribution is -2.15. The fourth-order valence-corrected chi connectivity index (χ4v) is 4.02. The Bertz CT molecular complexity index is 1320. The third-order valence-electron chi connectivity index (χ3n) is 4.97. The Morgan fingerprint density at radius 1 is 0.828 bits per heavy atom. The summed E-state index contributed by atoms with van der Waals surface area (Å²) in [5.74, 6) is -1.83. The summed E-state index contributed by atoms with van der Waals surface area (Å²) in [4.78, 5) is 38.1. The number of hydrogen-bond acceptors (Lipinski definition) is 5. The molecule has 0 amide bonds. The molecule has 146 valence electrons.